The first-order valence-corrected chi connectivity index (χ1v) is 5.44. The van der Waals surface area contributed by atoms with Gasteiger partial charge in [-0.2, -0.15) is 0 Å². The molecule has 94 valence electrons. The molecule has 17 heavy (non-hydrogen) atoms. The summed E-state index contributed by atoms with van der Waals surface area (Å²) < 4.78 is 5.19. The van der Waals surface area contributed by atoms with E-state index < -0.39 is 6.04 Å². The van der Waals surface area contributed by atoms with E-state index in [1.165, 1.54) is 0 Å². The molecular formula is C12H18N2O3. The number of hydrogen-bond donors (Lipinski definition) is 0. The van der Waals surface area contributed by atoms with Crippen molar-refractivity contribution in [2.75, 3.05) is 27.7 Å². The van der Waals surface area contributed by atoms with Crippen molar-refractivity contribution in [1.82, 2.24) is 4.90 Å². The highest BCUT2D eigenvalue weighted by Crippen LogP contribution is 2.19. The van der Waals surface area contributed by atoms with Crippen molar-refractivity contribution in [2.24, 2.45) is 0 Å². The van der Waals surface area contributed by atoms with Gasteiger partial charge in [0.2, 0.25) is 6.04 Å². The molecule has 0 radical (unpaired) electrons. The second-order valence-electron chi connectivity index (χ2n) is 4.22. The lowest BCUT2D eigenvalue weighted by Gasteiger charge is -2.15. The molecule has 5 nitrogen and oxygen atoms in total. The summed E-state index contributed by atoms with van der Waals surface area (Å²) in [4.78, 5) is 12.6. The molecule has 0 aliphatic heterocycles. The standard InChI is InChI=1S/C12H18N2O3/c1-13(2)9-11(14(15)16)8-10-6-4-5-7-12(10)17-3/h4-7,11H,8-9H2,1-3H3/t11-/m1/s1. The highest BCUT2D eigenvalue weighted by Gasteiger charge is 2.22. The number of likely N-dealkylation sites (N-methyl/N-ethyl adjacent to an activating group) is 1. The van der Waals surface area contributed by atoms with E-state index in [2.05, 4.69) is 0 Å². The van der Waals surface area contributed by atoms with Crippen molar-refractivity contribution in [2.45, 2.75) is 12.5 Å². The van der Waals surface area contributed by atoms with Gasteiger partial charge in [-0.1, -0.05) is 18.2 Å². The number of nitro groups is 1. The predicted octanol–water partition coefficient (Wildman–Crippen LogP) is 1.44. The third-order valence-corrected chi connectivity index (χ3v) is 2.52. The van der Waals surface area contributed by atoms with Crippen LogP contribution in [0.4, 0.5) is 0 Å². The lowest BCUT2D eigenvalue weighted by molar-refractivity contribution is -0.522. The van der Waals surface area contributed by atoms with Crippen molar-refractivity contribution in [3.05, 3.63) is 39.9 Å². The number of hydrogen-bond acceptors (Lipinski definition) is 4. The van der Waals surface area contributed by atoms with E-state index in [1.807, 2.05) is 43.3 Å². The van der Waals surface area contributed by atoms with Gasteiger partial charge in [0.25, 0.3) is 0 Å². The minimum Gasteiger partial charge on any atom is -0.496 e. The van der Waals surface area contributed by atoms with Crippen molar-refractivity contribution >= 4 is 0 Å². The number of nitrogens with zero attached hydrogens (tertiary/aromatic N) is 2. The lowest BCUT2D eigenvalue weighted by Crippen LogP contribution is -2.34. The second-order valence-corrected chi connectivity index (χ2v) is 4.22. The molecule has 0 spiro atoms. The maximum Gasteiger partial charge on any atom is 0.229 e. The Kier molecular flexibility index (Phi) is 4.90. The summed E-state index contributed by atoms with van der Waals surface area (Å²) in [6, 6.07) is 6.80. The molecule has 0 amide bonds. The number of methoxy groups -OCH3 is 1. The van der Waals surface area contributed by atoms with E-state index in [4.69, 9.17) is 4.74 Å². The summed E-state index contributed by atoms with van der Waals surface area (Å²) in [5.74, 6) is 0.707. The number of rotatable bonds is 6. The molecule has 0 aliphatic rings. The predicted molar refractivity (Wildman–Crippen MR) is 66.0 cm³/mol. The van der Waals surface area contributed by atoms with Crippen LogP contribution in [0, 0.1) is 10.1 Å². The van der Waals surface area contributed by atoms with Crippen LogP contribution >= 0.6 is 0 Å². The minimum absolute atomic E-state index is 0.230. The van der Waals surface area contributed by atoms with Crippen LogP contribution in [0.5, 0.6) is 5.75 Å². The fourth-order valence-electron chi connectivity index (χ4n) is 1.75. The Morgan fingerprint density at radius 2 is 2.06 bits per heavy atom. The zero-order valence-electron chi connectivity index (χ0n) is 10.4. The quantitative estimate of drug-likeness (QED) is 0.556. The summed E-state index contributed by atoms with van der Waals surface area (Å²) >= 11 is 0. The van der Waals surface area contributed by atoms with Crippen LogP contribution in [0.25, 0.3) is 0 Å². The van der Waals surface area contributed by atoms with Gasteiger partial charge in [0.15, 0.2) is 0 Å². The number of para-hydroxylation sites is 1. The van der Waals surface area contributed by atoms with Crippen LogP contribution in [-0.4, -0.2) is 43.6 Å². The van der Waals surface area contributed by atoms with E-state index in [1.54, 1.807) is 7.11 Å². The monoisotopic (exact) mass is 238 g/mol. The molecule has 1 rings (SSSR count). The molecule has 5 heteroatoms. The van der Waals surface area contributed by atoms with Crippen LogP contribution in [0.3, 0.4) is 0 Å². The van der Waals surface area contributed by atoms with Crippen molar-refractivity contribution in [1.29, 1.82) is 0 Å². The third-order valence-electron chi connectivity index (χ3n) is 2.52. The van der Waals surface area contributed by atoms with Gasteiger partial charge in [-0.05, 0) is 20.2 Å². The zero-order valence-corrected chi connectivity index (χ0v) is 10.4. The van der Waals surface area contributed by atoms with Crippen LogP contribution in [-0.2, 0) is 6.42 Å². The molecule has 1 aromatic carbocycles. The summed E-state index contributed by atoms with van der Waals surface area (Å²) in [5.41, 5.74) is 0.874. The minimum atomic E-state index is -0.610. The van der Waals surface area contributed by atoms with E-state index in [-0.39, 0.29) is 4.92 Å². The third kappa shape index (κ3) is 4.03. The molecule has 0 aliphatic carbocycles. The first-order valence-electron chi connectivity index (χ1n) is 5.44. The Bertz CT molecular complexity index is 380. The van der Waals surface area contributed by atoms with Gasteiger partial charge in [-0.15, -0.1) is 0 Å². The smallest absolute Gasteiger partial charge is 0.229 e. The molecule has 0 fully saturated rings. The molecule has 0 unspecified atom stereocenters. The van der Waals surface area contributed by atoms with Crippen LogP contribution < -0.4 is 4.74 Å². The molecular weight excluding hydrogens is 220 g/mol. The summed E-state index contributed by atoms with van der Waals surface area (Å²) in [5, 5.41) is 11.0. The normalized spacial score (nSPS) is 12.5. The van der Waals surface area contributed by atoms with Gasteiger partial charge in [0.1, 0.15) is 5.75 Å². The topological polar surface area (TPSA) is 55.6 Å². The van der Waals surface area contributed by atoms with Gasteiger partial charge in [0, 0.05) is 16.9 Å². The maximum absolute atomic E-state index is 11.0. The Balaban J connectivity index is 2.82. The van der Waals surface area contributed by atoms with Crippen LogP contribution in [0.2, 0.25) is 0 Å². The fourth-order valence-corrected chi connectivity index (χ4v) is 1.75. The highest BCUT2D eigenvalue weighted by molar-refractivity contribution is 5.33. The van der Waals surface area contributed by atoms with Crippen molar-refractivity contribution in [3.8, 4) is 5.75 Å². The van der Waals surface area contributed by atoms with E-state index in [0.717, 1.165) is 5.56 Å². The molecule has 0 N–H and O–H groups in total. The molecule has 0 saturated heterocycles. The number of ether oxygens (including phenoxy) is 1. The maximum atomic E-state index is 11.0. The Hall–Kier alpha value is -1.62. The molecule has 0 bridgehead atoms. The summed E-state index contributed by atoms with van der Waals surface area (Å²) in [6.07, 6.45) is 0.384. The Labute approximate surface area is 101 Å². The summed E-state index contributed by atoms with van der Waals surface area (Å²) in [7, 11) is 5.24. The van der Waals surface area contributed by atoms with Gasteiger partial charge >= 0.3 is 0 Å². The summed E-state index contributed by atoms with van der Waals surface area (Å²) in [6.45, 7) is 0.422. The molecule has 0 aromatic heterocycles. The molecule has 0 heterocycles. The van der Waals surface area contributed by atoms with E-state index in [9.17, 15) is 10.1 Å². The van der Waals surface area contributed by atoms with E-state index >= 15 is 0 Å². The Morgan fingerprint density at radius 3 is 2.59 bits per heavy atom. The first-order chi connectivity index (χ1) is 8.04. The highest BCUT2D eigenvalue weighted by atomic mass is 16.6. The second kappa shape index (κ2) is 6.20. The van der Waals surface area contributed by atoms with Gasteiger partial charge in [-0.25, -0.2) is 0 Å². The Morgan fingerprint density at radius 1 is 1.41 bits per heavy atom. The van der Waals surface area contributed by atoms with Gasteiger partial charge < -0.3 is 9.64 Å². The SMILES string of the molecule is COc1ccccc1C[C@H](CN(C)C)[N+](=O)[O-]. The van der Waals surface area contributed by atoms with Crippen molar-refractivity contribution in [3.63, 3.8) is 0 Å². The largest absolute Gasteiger partial charge is 0.496 e. The first kappa shape index (κ1) is 13.4. The molecule has 1 atom stereocenters. The lowest BCUT2D eigenvalue weighted by atomic mass is 10.1. The molecule has 1 aromatic rings. The average Bonchev–Trinajstić information content (AvgIpc) is 2.28. The fraction of sp³-hybridized carbons (Fsp3) is 0.500. The van der Waals surface area contributed by atoms with E-state index in [0.29, 0.717) is 18.7 Å². The van der Waals surface area contributed by atoms with Gasteiger partial charge in [0.05, 0.1) is 13.7 Å². The molecule has 0 saturated carbocycles. The van der Waals surface area contributed by atoms with Crippen molar-refractivity contribution < 1.29 is 9.66 Å². The van der Waals surface area contributed by atoms with Crippen LogP contribution in [0.1, 0.15) is 5.56 Å². The number of benzene rings is 1. The van der Waals surface area contributed by atoms with Gasteiger partial charge in [-0.3, -0.25) is 10.1 Å². The van der Waals surface area contributed by atoms with Crippen LogP contribution in [0.15, 0.2) is 24.3 Å². The average molecular weight is 238 g/mol. The zero-order chi connectivity index (χ0) is 12.8.